The van der Waals surface area contributed by atoms with Crippen LogP contribution in [0.1, 0.15) is 86.4 Å². The number of rotatable bonds is 7. The van der Waals surface area contributed by atoms with Gasteiger partial charge in [-0.3, -0.25) is 54.0 Å². The molecule has 0 aliphatic carbocycles. The Kier molecular flexibility index (Phi) is 14.8. The molecule has 1 aromatic heterocycles. The van der Waals surface area contributed by atoms with Gasteiger partial charge in [-0.25, -0.2) is 4.39 Å². The van der Waals surface area contributed by atoms with Crippen molar-refractivity contribution in [3.8, 4) is 5.75 Å². The van der Waals surface area contributed by atoms with E-state index in [1.165, 1.54) is 13.2 Å². The molecule has 16 nitrogen and oxygen atoms in total. The van der Waals surface area contributed by atoms with E-state index in [0.29, 0.717) is 41.8 Å². The Hall–Kier alpha value is -6.78. The van der Waals surface area contributed by atoms with Crippen molar-refractivity contribution in [2.24, 2.45) is 0 Å². The number of nitrogens with zero attached hydrogens (tertiary/aromatic N) is 1. The van der Waals surface area contributed by atoms with Gasteiger partial charge in [0.15, 0.2) is 0 Å². The summed E-state index contributed by atoms with van der Waals surface area (Å²) in [5, 5.41) is 14.7. The predicted molar refractivity (Wildman–Crippen MR) is 203 cm³/mol. The third-order valence-electron chi connectivity index (χ3n) is 8.93. The van der Waals surface area contributed by atoms with E-state index >= 15 is 0 Å². The molecule has 3 saturated heterocycles. The van der Waals surface area contributed by atoms with Gasteiger partial charge in [0.25, 0.3) is 17.7 Å². The summed E-state index contributed by atoms with van der Waals surface area (Å²) in [5.41, 5.74) is 3.58. The maximum atomic E-state index is 13.7. The highest BCUT2D eigenvalue weighted by Crippen LogP contribution is 2.21. The number of carbonyl (C=O) groups is 8. The molecular formula is C40H44FN7O9. The molecule has 8 amide bonds. The molecule has 4 heterocycles. The number of carbonyl (C=O) groups excluding carboxylic acids is 8. The molecule has 0 saturated carbocycles. The second kappa shape index (κ2) is 19.7. The highest BCUT2D eigenvalue weighted by molar-refractivity contribution is 6.04. The number of ether oxygens (including phenoxy) is 1. The SMILES string of the molecule is C=C1CCC(NC(=O)c2ccc(C)cc2OC)C(=O)N1.Cc1ccc(C(=O)NC2CCC(=O)NC2=O)nc1.Cc1cccc(C(=O)NC2CCC(=O)NC2=O)c1F. The molecular weight excluding hydrogens is 741 g/mol. The number of hydrogen-bond acceptors (Lipinski definition) is 10. The van der Waals surface area contributed by atoms with Gasteiger partial charge in [0.1, 0.15) is 35.4 Å². The highest BCUT2D eigenvalue weighted by Gasteiger charge is 2.30. The number of aryl methyl sites for hydroxylation is 3. The predicted octanol–water partition coefficient (Wildman–Crippen LogP) is 2.12. The second-order valence-electron chi connectivity index (χ2n) is 13.5. The number of benzene rings is 2. The minimum atomic E-state index is -0.801. The molecule has 3 unspecified atom stereocenters. The Labute approximate surface area is 327 Å². The molecule has 57 heavy (non-hydrogen) atoms. The first-order chi connectivity index (χ1) is 27.1. The monoisotopic (exact) mass is 785 g/mol. The Morgan fingerprint density at radius 2 is 1.23 bits per heavy atom. The van der Waals surface area contributed by atoms with Crippen LogP contribution in [0.25, 0.3) is 0 Å². The second-order valence-corrected chi connectivity index (χ2v) is 13.5. The maximum absolute atomic E-state index is 13.7. The van der Waals surface area contributed by atoms with E-state index in [-0.39, 0.29) is 54.1 Å². The van der Waals surface area contributed by atoms with Gasteiger partial charge in [-0.1, -0.05) is 30.8 Å². The molecule has 3 aliphatic rings. The van der Waals surface area contributed by atoms with Crippen LogP contribution in [0.2, 0.25) is 0 Å². The van der Waals surface area contributed by atoms with Crippen LogP contribution in [0.5, 0.6) is 5.75 Å². The number of imide groups is 2. The van der Waals surface area contributed by atoms with Crippen molar-refractivity contribution >= 4 is 47.3 Å². The molecule has 3 aliphatic heterocycles. The Balaban J connectivity index is 0.000000190. The molecule has 17 heteroatoms. The number of nitrogens with one attached hydrogen (secondary N) is 6. The summed E-state index contributed by atoms with van der Waals surface area (Å²) >= 11 is 0. The third-order valence-corrected chi connectivity index (χ3v) is 8.93. The van der Waals surface area contributed by atoms with Crippen LogP contribution in [-0.2, 0) is 24.0 Å². The van der Waals surface area contributed by atoms with E-state index < -0.39 is 47.6 Å². The lowest BCUT2D eigenvalue weighted by molar-refractivity contribution is -0.136. The largest absolute Gasteiger partial charge is 0.496 e. The van der Waals surface area contributed by atoms with Crippen molar-refractivity contribution in [3.63, 3.8) is 0 Å². The lowest BCUT2D eigenvalue weighted by Gasteiger charge is -2.24. The Morgan fingerprint density at radius 1 is 0.702 bits per heavy atom. The number of pyridine rings is 1. The summed E-state index contributed by atoms with van der Waals surface area (Å²) in [6, 6.07) is 11.2. The van der Waals surface area contributed by atoms with E-state index in [2.05, 4.69) is 43.5 Å². The first-order valence-electron chi connectivity index (χ1n) is 18.0. The average molecular weight is 786 g/mol. The standard InChI is InChI=1S/C15H18N2O3.C13H13FN2O3.C12H13N3O3/c1-9-4-6-11(13(8-9)20-3)14(18)17-12-7-5-10(2)16-15(12)19;1-7-3-2-4-8(11(7)14)12(18)15-9-5-6-10(17)16-13(9)19;1-7-2-3-8(13-6-7)11(17)14-9-4-5-10(16)15-12(9)18/h4,6,8,12H,2,5,7H2,1,3H3,(H,16,19)(H,17,18);2-4,9H,5-6H2,1H3,(H,15,18)(H,16,17,19);2-3,6,9H,4-5H2,1H3,(H,14,17)(H,15,16,18). The normalized spacial score (nSPS) is 18.9. The molecule has 0 bridgehead atoms. The molecule has 0 spiro atoms. The van der Waals surface area contributed by atoms with Gasteiger partial charge < -0.3 is 26.0 Å². The molecule has 3 fully saturated rings. The summed E-state index contributed by atoms with van der Waals surface area (Å²) < 4.78 is 19.0. The summed E-state index contributed by atoms with van der Waals surface area (Å²) in [6.07, 6.45) is 3.75. The summed E-state index contributed by atoms with van der Waals surface area (Å²) in [5.74, 6) is -3.40. The Morgan fingerprint density at radius 3 is 1.75 bits per heavy atom. The van der Waals surface area contributed by atoms with Gasteiger partial charge in [0, 0.05) is 24.7 Å². The fourth-order valence-electron chi connectivity index (χ4n) is 5.69. The first kappa shape index (κ1) is 43.0. The zero-order valence-electron chi connectivity index (χ0n) is 31.9. The molecule has 2 aromatic carbocycles. The average Bonchev–Trinajstić information content (AvgIpc) is 3.16. The number of allylic oxidation sites excluding steroid dienone is 1. The zero-order chi connectivity index (χ0) is 41.8. The third kappa shape index (κ3) is 12.1. The van der Waals surface area contributed by atoms with Crippen molar-refractivity contribution in [2.75, 3.05) is 7.11 Å². The number of amides is 8. The van der Waals surface area contributed by atoms with Crippen LogP contribution in [0.15, 0.2) is 67.0 Å². The van der Waals surface area contributed by atoms with Gasteiger partial charge in [0.2, 0.25) is 29.5 Å². The number of methoxy groups -OCH3 is 1. The zero-order valence-corrected chi connectivity index (χ0v) is 31.9. The van der Waals surface area contributed by atoms with E-state index in [1.807, 2.05) is 19.9 Å². The summed E-state index contributed by atoms with van der Waals surface area (Å²) in [6.45, 7) is 9.05. The first-order valence-corrected chi connectivity index (χ1v) is 18.0. The van der Waals surface area contributed by atoms with Gasteiger partial charge >= 0.3 is 0 Å². The maximum Gasteiger partial charge on any atom is 0.270 e. The fraction of sp³-hybridized carbons (Fsp3) is 0.325. The molecule has 3 atom stereocenters. The van der Waals surface area contributed by atoms with E-state index in [1.54, 1.807) is 49.5 Å². The van der Waals surface area contributed by atoms with Crippen molar-refractivity contribution in [3.05, 3.63) is 106 Å². The van der Waals surface area contributed by atoms with Crippen molar-refractivity contribution in [2.45, 2.75) is 77.4 Å². The lowest BCUT2D eigenvalue weighted by Crippen LogP contribution is -2.52. The minimum absolute atomic E-state index is 0.107. The van der Waals surface area contributed by atoms with Gasteiger partial charge in [0.05, 0.1) is 18.2 Å². The van der Waals surface area contributed by atoms with Crippen LogP contribution < -0.4 is 36.6 Å². The molecule has 6 N–H and O–H groups in total. The quantitative estimate of drug-likeness (QED) is 0.191. The van der Waals surface area contributed by atoms with Crippen LogP contribution in [0.3, 0.4) is 0 Å². The Bertz CT molecular complexity index is 2090. The van der Waals surface area contributed by atoms with Gasteiger partial charge in [-0.05, 0) is 87.4 Å². The van der Waals surface area contributed by atoms with Gasteiger partial charge in [-0.15, -0.1) is 0 Å². The molecule has 3 aromatic rings. The van der Waals surface area contributed by atoms with E-state index in [9.17, 15) is 42.7 Å². The van der Waals surface area contributed by atoms with E-state index in [0.717, 1.165) is 11.1 Å². The van der Waals surface area contributed by atoms with E-state index in [4.69, 9.17) is 4.74 Å². The lowest BCUT2D eigenvalue weighted by atomic mass is 10.0. The number of piperidine rings is 3. The van der Waals surface area contributed by atoms with Gasteiger partial charge in [-0.2, -0.15) is 0 Å². The number of hydrogen-bond donors (Lipinski definition) is 6. The highest BCUT2D eigenvalue weighted by atomic mass is 19.1. The fourth-order valence-corrected chi connectivity index (χ4v) is 5.69. The van der Waals surface area contributed by atoms with Crippen molar-refractivity contribution in [1.29, 1.82) is 0 Å². The topological polar surface area (TPSA) is 231 Å². The minimum Gasteiger partial charge on any atom is -0.496 e. The van der Waals surface area contributed by atoms with Crippen LogP contribution in [0.4, 0.5) is 4.39 Å². The molecule has 300 valence electrons. The summed E-state index contributed by atoms with van der Waals surface area (Å²) in [4.78, 5) is 96.5. The van der Waals surface area contributed by atoms with Crippen molar-refractivity contribution < 1.29 is 47.5 Å². The van der Waals surface area contributed by atoms with Crippen molar-refractivity contribution in [1.82, 2.24) is 36.9 Å². The number of aromatic nitrogens is 1. The molecule has 0 radical (unpaired) electrons. The van der Waals surface area contributed by atoms with Crippen LogP contribution in [0, 0.1) is 26.6 Å². The smallest absolute Gasteiger partial charge is 0.270 e. The van der Waals surface area contributed by atoms with Crippen LogP contribution >= 0.6 is 0 Å². The molecule has 6 rings (SSSR count). The summed E-state index contributed by atoms with van der Waals surface area (Å²) in [7, 11) is 1.52. The van der Waals surface area contributed by atoms with Crippen LogP contribution in [-0.4, -0.2) is 77.5 Å². The number of halogens is 1.